The molecule has 0 bridgehead atoms. The summed E-state index contributed by atoms with van der Waals surface area (Å²) in [4.78, 5) is 41.6. The summed E-state index contributed by atoms with van der Waals surface area (Å²) in [5.41, 5.74) is 1.36. The van der Waals surface area contributed by atoms with E-state index in [1.165, 1.54) is 24.0 Å². The molecule has 2 unspecified atom stereocenters. The number of aromatic nitrogens is 1. The summed E-state index contributed by atoms with van der Waals surface area (Å²) in [6, 6.07) is 3.84. The number of nitroso groups, excluding NO2 is 1. The van der Waals surface area contributed by atoms with Crippen molar-refractivity contribution >= 4 is 22.8 Å². The number of rotatable bonds is 7. The van der Waals surface area contributed by atoms with Crippen molar-refractivity contribution in [3.8, 4) is 0 Å². The highest BCUT2D eigenvalue weighted by Gasteiger charge is 2.41. The summed E-state index contributed by atoms with van der Waals surface area (Å²) in [7, 11) is 0. The van der Waals surface area contributed by atoms with Gasteiger partial charge in [-0.2, -0.15) is 4.91 Å². The number of nitrogens with zero attached hydrogens (tertiary/aromatic N) is 5. The predicted octanol–water partition coefficient (Wildman–Crippen LogP) is 2.61. The predicted molar refractivity (Wildman–Crippen MR) is 120 cm³/mol. The first-order valence-electron chi connectivity index (χ1n) is 11.5. The molecule has 10 heteroatoms. The van der Waals surface area contributed by atoms with Crippen LogP contribution in [-0.4, -0.2) is 83.5 Å². The summed E-state index contributed by atoms with van der Waals surface area (Å²) in [5.74, 6) is -0.899. The van der Waals surface area contributed by atoms with E-state index in [2.05, 4.69) is 15.2 Å². The molecule has 33 heavy (non-hydrogen) atoms. The average Bonchev–Trinajstić information content (AvgIpc) is 3.44. The molecular formula is C23H30FN5O4. The summed E-state index contributed by atoms with van der Waals surface area (Å²) in [5, 5.41) is 8.18. The summed E-state index contributed by atoms with van der Waals surface area (Å²) < 4.78 is 18.7. The van der Waals surface area contributed by atoms with Gasteiger partial charge < -0.3 is 19.2 Å². The van der Waals surface area contributed by atoms with Gasteiger partial charge in [0.2, 0.25) is 11.8 Å². The van der Waals surface area contributed by atoms with Crippen LogP contribution in [-0.2, 0) is 9.59 Å². The second kappa shape index (κ2) is 9.94. The summed E-state index contributed by atoms with van der Waals surface area (Å²) in [6.07, 6.45) is 1.82. The average molecular weight is 460 g/mol. The van der Waals surface area contributed by atoms with Gasteiger partial charge in [-0.1, -0.05) is 10.3 Å². The van der Waals surface area contributed by atoms with Gasteiger partial charge in [0.05, 0.1) is 11.6 Å². The number of halogens is 1. The van der Waals surface area contributed by atoms with Crippen molar-refractivity contribution in [3.63, 3.8) is 0 Å². The van der Waals surface area contributed by atoms with E-state index in [4.69, 9.17) is 4.52 Å². The van der Waals surface area contributed by atoms with Crippen molar-refractivity contribution in [3.05, 3.63) is 34.6 Å². The molecule has 2 aromatic rings. The number of amides is 2. The molecular weight excluding hydrogens is 429 g/mol. The van der Waals surface area contributed by atoms with Gasteiger partial charge in [0.1, 0.15) is 11.9 Å². The normalized spacial score (nSPS) is 22.1. The lowest BCUT2D eigenvalue weighted by molar-refractivity contribution is -0.135. The number of hydrogen-bond donors (Lipinski definition) is 0. The Morgan fingerprint density at radius 2 is 2.03 bits per heavy atom. The standard InChI is InChI=1S/C23H30FN5O4/c1-3-28(23(31)19-13-29(15(2)30)14-20(19)25-32)11-10-27-8-6-16(7-9-27)22-18-5-4-17(24)12-21(18)33-26-22/h4-5,12,16,19-20H,3,6-11,13-14H2,1-2H3. The van der Waals surface area contributed by atoms with Gasteiger partial charge in [-0.25, -0.2) is 4.39 Å². The molecule has 4 rings (SSSR count). The first-order chi connectivity index (χ1) is 15.9. The van der Waals surface area contributed by atoms with E-state index in [9.17, 15) is 18.9 Å². The second-order valence-corrected chi connectivity index (χ2v) is 8.95. The monoisotopic (exact) mass is 459 g/mol. The maximum absolute atomic E-state index is 13.4. The maximum atomic E-state index is 13.4. The third kappa shape index (κ3) is 4.90. The lowest BCUT2D eigenvalue weighted by Gasteiger charge is -2.33. The van der Waals surface area contributed by atoms with Gasteiger partial charge in [0.25, 0.3) is 0 Å². The molecule has 1 aromatic carbocycles. The zero-order valence-corrected chi connectivity index (χ0v) is 19.1. The van der Waals surface area contributed by atoms with Crippen LogP contribution in [0.4, 0.5) is 4.39 Å². The highest BCUT2D eigenvalue weighted by atomic mass is 19.1. The number of carbonyl (C=O) groups excluding carboxylic acids is 2. The van der Waals surface area contributed by atoms with Crippen LogP contribution in [0.2, 0.25) is 0 Å². The van der Waals surface area contributed by atoms with Crippen LogP contribution in [0.25, 0.3) is 11.0 Å². The van der Waals surface area contributed by atoms with E-state index in [0.717, 1.165) is 43.6 Å². The van der Waals surface area contributed by atoms with Crippen LogP contribution in [0.5, 0.6) is 0 Å². The Labute approximate surface area is 191 Å². The molecule has 0 radical (unpaired) electrons. The van der Waals surface area contributed by atoms with Crippen molar-refractivity contribution in [2.45, 2.75) is 38.6 Å². The fraction of sp³-hybridized carbons (Fsp3) is 0.609. The van der Waals surface area contributed by atoms with E-state index in [1.807, 2.05) is 6.92 Å². The largest absolute Gasteiger partial charge is 0.356 e. The number of likely N-dealkylation sites (N-methyl/N-ethyl adjacent to an activating group) is 1. The quantitative estimate of drug-likeness (QED) is 0.590. The minimum absolute atomic E-state index is 0.109. The minimum Gasteiger partial charge on any atom is -0.356 e. The van der Waals surface area contributed by atoms with Crippen molar-refractivity contribution < 1.29 is 18.5 Å². The van der Waals surface area contributed by atoms with Crippen LogP contribution in [0.15, 0.2) is 27.9 Å². The third-order valence-corrected chi connectivity index (χ3v) is 7.00. The molecule has 2 aliphatic rings. The van der Waals surface area contributed by atoms with Crippen LogP contribution in [0, 0.1) is 16.6 Å². The van der Waals surface area contributed by atoms with Gasteiger partial charge in [0, 0.05) is 57.0 Å². The van der Waals surface area contributed by atoms with Crippen molar-refractivity contribution in [1.82, 2.24) is 19.9 Å². The molecule has 3 heterocycles. The summed E-state index contributed by atoms with van der Waals surface area (Å²) >= 11 is 0. The smallest absolute Gasteiger partial charge is 0.229 e. The Hall–Kier alpha value is -2.88. The molecule has 0 N–H and O–H groups in total. The van der Waals surface area contributed by atoms with Gasteiger partial charge in [-0.15, -0.1) is 0 Å². The zero-order chi connectivity index (χ0) is 23.5. The van der Waals surface area contributed by atoms with Gasteiger partial charge >= 0.3 is 0 Å². The molecule has 2 saturated heterocycles. The fourth-order valence-corrected chi connectivity index (χ4v) is 4.97. The molecule has 2 fully saturated rings. The highest BCUT2D eigenvalue weighted by molar-refractivity contribution is 5.82. The van der Waals surface area contributed by atoms with E-state index < -0.39 is 12.0 Å². The van der Waals surface area contributed by atoms with Crippen molar-refractivity contribution in [2.75, 3.05) is 45.8 Å². The lowest BCUT2D eigenvalue weighted by Crippen LogP contribution is -2.45. The number of likely N-dealkylation sites (tertiary alicyclic amines) is 2. The SMILES string of the molecule is CCN(CCN1CCC(c2noc3cc(F)ccc23)CC1)C(=O)C1CN(C(C)=O)CC1N=O. The fourth-order valence-electron chi connectivity index (χ4n) is 4.97. The zero-order valence-electron chi connectivity index (χ0n) is 19.1. The van der Waals surface area contributed by atoms with Gasteiger partial charge in [-0.05, 0) is 45.0 Å². The van der Waals surface area contributed by atoms with Crippen LogP contribution in [0.3, 0.4) is 0 Å². The molecule has 2 atom stereocenters. The molecule has 0 aliphatic carbocycles. The molecule has 0 spiro atoms. The van der Waals surface area contributed by atoms with Crippen molar-refractivity contribution in [1.29, 1.82) is 0 Å². The molecule has 2 aliphatic heterocycles. The van der Waals surface area contributed by atoms with Gasteiger partial charge in [0.15, 0.2) is 5.58 Å². The number of piperidine rings is 1. The number of benzene rings is 1. The number of carbonyl (C=O) groups is 2. The van der Waals surface area contributed by atoms with Crippen molar-refractivity contribution in [2.24, 2.45) is 11.1 Å². The number of fused-ring (bicyclic) bond motifs is 1. The van der Waals surface area contributed by atoms with Crippen LogP contribution in [0.1, 0.15) is 38.3 Å². The van der Waals surface area contributed by atoms with E-state index >= 15 is 0 Å². The Morgan fingerprint density at radius 3 is 2.70 bits per heavy atom. The minimum atomic E-state index is -0.683. The Balaban J connectivity index is 1.30. The molecule has 0 saturated carbocycles. The third-order valence-electron chi connectivity index (χ3n) is 7.00. The number of hydrogen-bond acceptors (Lipinski definition) is 7. The van der Waals surface area contributed by atoms with E-state index in [-0.39, 0.29) is 36.6 Å². The highest BCUT2D eigenvalue weighted by Crippen LogP contribution is 2.32. The van der Waals surface area contributed by atoms with Crippen LogP contribution < -0.4 is 0 Å². The van der Waals surface area contributed by atoms with E-state index in [0.29, 0.717) is 18.7 Å². The Bertz CT molecular complexity index is 1020. The maximum Gasteiger partial charge on any atom is 0.229 e. The second-order valence-electron chi connectivity index (χ2n) is 8.95. The van der Waals surface area contributed by atoms with Crippen LogP contribution >= 0.6 is 0 Å². The van der Waals surface area contributed by atoms with E-state index in [1.54, 1.807) is 11.0 Å². The lowest BCUT2D eigenvalue weighted by atomic mass is 9.91. The molecule has 9 nitrogen and oxygen atoms in total. The van der Waals surface area contributed by atoms with Gasteiger partial charge in [-0.3, -0.25) is 9.59 Å². The Kier molecular flexibility index (Phi) is 7.02. The molecule has 178 valence electrons. The molecule has 2 amide bonds. The Morgan fingerprint density at radius 1 is 1.27 bits per heavy atom. The molecule has 1 aromatic heterocycles. The first-order valence-corrected chi connectivity index (χ1v) is 11.5. The topological polar surface area (TPSA) is 99.3 Å². The first kappa shape index (κ1) is 23.3. The summed E-state index contributed by atoms with van der Waals surface area (Å²) in [6.45, 7) is 7.40.